The molecule has 0 radical (unpaired) electrons. The van der Waals surface area contributed by atoms with Crippen molar-refractivity contribution in [2.45, 2.75) is 42.0 Å². The largest absolute Gasteiger partial charge is 0.386 e. The minimum absolute atomic E-state index is 0.148. The molecule has 0 amide bonds. The maximum Gasteiger partial charge on any atom is 0.230 e. The van der Waals surface area contributed by atoms with Crippen LogP contribution in [0.15, 0.2) is 41.5 Å². The Morgan fingerprint density at radius 3 is 2.60 bits per heavy atom. The van der Waals surface area contributed by atoms with Crippen LogP contribution in [-0.2, 0) is 21.8 Å². The van der Waals surface area contributed by atoms with Gasteiger partial charge in [0.2, 0.25) is 5.50 Å². The molecule has 2 aromatic rings. The molecule has 1 spiro atoms. The highest BCUT2D eigenvalue weighted by Gasteiger charge is 2.67. The van der Waals surface area contributed by atoms with Gasteiger partial charge in [-0.3, -0.25) is 14.8 Å². The van der Waals surface area contributed by atoms with E-state index < -0.39 is 31.4 Å². The molecule has 10 heteroatoms. The number of sulfone groups is 1. The van der Waals surface area contributed by atoms with Gasteiger partial charge in [-0.1, -0.05) is 17.7 Å². The molecule has 0 saturated heterocycles. The Labute approximate surface area is 177 Å². The van der Waals surface area contributed by atoms with Crippen LogP contribution < -0.4 is 5.73 Å². The fourth-order valence-corrected chi connectivity index (χ4v) is 6.07. The van der Waals surface area contributed by atoms with Crippen molar-refractivity contribution in [2.24, 2.45) is 10.7 Å². The second-order valence-corrected chi connectivity index (χ2v) is 10.5. The number of ketones is 1. The Hall–Kier alpha value is -2.39. The van der Waals surface area contributed by atoms with Crippen LogP contribution in [-0.4, -0.2) is 35.3 Å². The molecule has 0 unspecified atom stereocenters. The zero-order valence-electron chi connectivity index (χ0n) is 15.9. The van der Waals surface area contributed by atoms with Crippen molar-refractivity contribution in [1.82, 2.24) is 4.98 Å². The van der Waals surface area contributed by atoms with Gasteiger partial charge in [0, 0.05) is 18.2 Å². The Balaban J connectivity index is 1.72. The molecule has 6 nitrogen and oxygen atoms in total. The summed E-state index contributed by atoms with van der Waals surface area (Å²) in [6.07, 6.45) is 1.58. The van der Waals surface area contributed by atoms with Crippen LogP contribution in [0.3, 0.4) is 0 Å². The second kappa shape index (κ2) is 6.81. The number of alkyl halides is 1. The lowest BCUT2D eigenvalue weighted by atomic mass is 9.90. The lowest BCUT2D eigenvalue weighted by Crippen LogP contribution is -2.54. The number of rotatable bonds is 4. The fraction of sp³-hybridized carbons (Fsp3) is 0.350. The van der Waals surface area contributed by atoms with Gasteiger partial charge in [0.15, 0.2) is 15.6 Å². The molecule has 2 aliphatic rings. The smallest absolute Gasteiger partial charge is 0.230 e. The van der Waals surface area contributed by atoms with E-state index in [9.17, 15) is 17.6 Å². The van der Waals surface area contributed by atoms with E-state index in [1.54, 1.807) is 0 Å². The predicted molar refractivity (Wildman–Crippen MR) is 108 cm³/mol. The fourth-order valence-electron chi connectivity index (χ4n) is 3.77. The first kappa shape index (κ1) is 20.9. The van der Waals surface area contributed by atoms with Crippen LogP contribution in [0.5, 0.6) is 0 Å². The number of amidine groups is 1. The number of aromatic nitrogens is 1. The monoisotopic (exact) mass is 453 g/mol. The molecule has 1 aliphatic carbocycles. The third kappa shape index (κ3) is 3.02. The molecule has 2 atom stereocenters. The highest BCUT2D eigenvalue weighted by atomic mass is 35.5. The number of hydrogen-bond acceptors (Lipinski definition) is 6. The van der Waals surface area contributed by atoms with E-state index in [0.29, 0.717) is 10.6 Å². The van der Waals surface area contributed by atoms with Gasteiger partial charge in [0.05, 0.1) is 5.02 Å². The van der Waals surface area contributed by atoms with Gasteiger partial charge in [-0.15, -0.1) is 0 Å². The number of carbonyl (C=O) groups is 1. The van der Waals surface area contributed by atoms with Gasteiger partial charge >= 0.3 is 0 Å². The van der Waals surface area contributed by atoms with Gasteiger partial charge in [0.25, 0.3) is 0 Å². The standard InChI is InChI=1S/C20H18ClF2N3O3S/c1-19(17(23)30(28,29)20(6-7-20)18(24)26-19)13-8-11(2-4-14(13)22)9-16(27)15-5-3-12(21)10-25-15/h2-5,8,10,17H,6-7,9H2,1H3,(H2,24,26)/t17-,19-/m1/s1. The van der Waals surface area contributed by atoms with E-state index in [-0.39, 0.29) is 42.1 Å². The Kier molecular flexibility index (Phi) is 4.74. The predicted octanol–water partition coefficient (Wildman–Crippen LogP) is 3.13. The van der Waals surface area contributed by atoms with Gasteiger partial charge in [-0.05, 0) is 49.6 Å². The Morgan fingerprint density at radius 1 is 1.30 bits per heavy atom. The zero-order chi connectivity index (χ0) is 21.9. The third-order valence-electron chi connectivity index (χ3n) is 5.74. The van der Waals surface area contributed by atoms with Crippen LogP contribution in [0.25, 0.3) is 0 Å². The molecule has 1 fully saturated rings. The average Bonchev–Trinajstić information content (AvgIpc) is 3.50. The van der Waals surface area contributed by atoms with Gasteiger partial charge in [-0.2, -0.15) is 0 Å². The molecular weight excluding hydrogens is 436 g/mol. The minimum atomic E-state index is -4.31. The van der Waals surface area contributed by atoms with E-state index in [4.69, 9.17) is 17.3 Å². The summed E-state index contributed by atoms with van der Waals surface area (Å²) in [5.41, 5.74) is 1.63. The first-order chi connectivity index (χ1) is 14.0. The van der Waals surface area contributed by atoms with Crippen molar-refractivity contribution >= 4 is 33.1 Å². The normalized spacial score (nSPS) is 26.3. The number of benzene rings is 1. The summed E-state index contributed by atoms with van der Waals surface area (Å²) < 4.78 is 54.0. The summed E-state index contributed by atoms with van der Waals surface area (Å²) in [5.74, 6) is -1.40. The Bertz CT molecular complexity index is 1180. The van der Waals surface area contributed by atoms with Gasteiger partial charge in [-0.25, -0.2) is 17.2 Å². The number of nitrogens with two attached hydrogens (primary N) is 1. The molecule has 158 valence electrons. The van der Waals surface area contributed by atoms with Crippen molar-refractivity contribution in [3.8, 4) is 0 Å². The van der Waals surface area contributed by atoms with Crippen molar-refractivity contribution in [3.63, 3.8) is 0 Å². The summed E-state index contributed by atoms with van der Waals surface area (Å²) in [7, 11) is -4.31. The van der Waals surface area contributed by atoms with Crippen molar-refractivity contribution in [3.05, 3.63) is 64.2 Å². The summed E-state index contributed by atoms with van der Waals surface area (Å²) >= 11 is 5.77. The molecule has 2 N–H and O–H groups in total. The third-order valence-corrected chi connectivity index (χ3v) is 8.67. The molecule has 0 bridgehead atoms. The number of carbonyl (C=O) groups excluding carboxylic acids is 1. The van der Waals surface area contributed by atoms with Crippen molar-refractivity contribution in [2.75, 3.05) is 0 Å². The van der Waals surface area contributed by atoms with Gasteiger partial charge < -0.3 is 5.73 Å². The number of hydrogen-bond donors (Lipinski definition) is 1. The molecular formula is C20H18ClF2N3O3S. The SMILES string of the molecule is C[C@]1(c2cc(CC(=O)c3ccc(Cl)cn3)ccc2F)N=C(N)C2(CC2)S(=O)(=O)[C@H]1F. The quantitative estimate of drug-likeness (QED) is 0.716. The van der Waals surface area contributed by atoms with Crippen molar-refractivity contribution in [1.29, 1.82) is 0 Å². The first-order valence-corrected chi connectivity index (χ1v) is 11.1. The van der Waals surface area contributed by atoms with Crippen LogP contribution in [0, 0.1) is 5.82 Å². The van der Waals surface area contributed by atoms with Crippen LogP contribution in [0.1, 0.15) is 41.4 Å². The summed E-state index contributed by atoms with van der Waals surface area (Å²) in [4.78, 5) is 20.5. The van der Waals surface area contributed by atoms with E-state index >= 15 is 4.39 Å². The van der Waals surface area contributed by atoms with Crippen LogP contribution >= 0.6 is 11.6 Å². The molecule has 30 heavy (non-hydrogen) atoms. The summed E-state index contributed by atoms with van der Waals surface area (Å²) in [5, 5.41) is 0.375. The highest BCUT2D eigenvalue weighted by Crippen LogP contribution is 2.53. The summed E-state index contributed by atoms with van der Waals surface area (Å²) in [6, 6.07) is 6.67. The maximum absolute atomic E-state index is 15.3. The Morgan fingerprint density at radius 2 is 2.00 bits per heavy atom. The lowest BCUT2D eigenvalue weighted by molar-refractivity contribution is 0.0988. The molecule has 2 heterocycles. The first-order valence-electron chi connectivity index (χ1n) is 9.18. The van der Waals surface area contributed by atoms with Crippen molar-refractivity contribution < 1.29 is 22.0 Å². The van der Waals surface area contributed by atoms with Gasteiger partial charge in [0.1, 0.15) is 27.6 Å². The molecule has 4 rings (SSSR count). The number of nitrogens with zero attached hydrogens (tertiary/aromatic N) is 2. The van der Waals surface area contributed by atoms with E-state index in [1.165, 1.54) is 37.4 Å². The molecule has 1 aromatic carbocycles. The topological polar surface area (TPSA) is 102 Å². The molecule has 1 aromatic heterocycles. The highest BCUT2D eigenvalue weighted by molar-refractivity contribution is 7.94. The maximum atomic E-state index is 15.3. The number of halogens is 3. The van der Waals surface area contributed by atoms with E-state index in [0.717, 1.165) is 6.07 Å². The number of pyridine rings is 1. The minimum Gasteiger partial charge on any atom is -0.386 e. The van der Waals surface area contributed by atoms with E-state index in [1.807, 2.05) is 0 Å². The van der Waals surface area contributed by atoms with Crippen LogP contribution in [0.4, 0.5) is 8.78 Å². The molecule has 1 aliphatic heterocycles. The van der Waals surface area contributed by atoms with E-state index in [2.05, 4.69) is 9.98 Å². The summed E-state index contributed by atoms with van der Waals surface area (Å²) in [6.45, 7) is 1.20. The van der Waals surface area contributed by atoms with Crippen LogP contribution in [0.2, 0.25) is 5.02 Å². The number of Topliss-reactive ketones (excluding diaryl/α,β-unsaturated/α-hetero) is 1. The zero-order valence-corrected chi connectivity index (χ0v) is 17.5. The number of aliphatic imine (C=N–C) groups is 1. The lowest BCUT2D eigenvalue weighted by Gasteiger charge is -2.37. The molecule has 1 saturated carbocycles. The average molecular weight is 454 g/mol. The second-order valence-electron chi connectivity index (χ2n) is 7.78.